The lowest BCUT2D eigenvalue weighted by molar-refractivity contribution is -0.137. The third-order valence-corrected chi connectivity index (χ3v) is 9.08. The van der Waals surface area contributed by atoms with Gasteiger partial charge in [-0.1, -0.05) is 48.0 Å². The van der Waals surface area contributed by atoms with Crippen LogP contribution in [-0.2, 0) is 30.7 Å². The van der Waals surface area contributed by atoms with E-state index in [1.807, 2.05) is 40.8 Å². The quantitative estimate of drug-likeness (QED) is 0.293. The first-order valence-corrected chi connectivity index (χ1v) is 14.8. The third kappa shape index (κ3) is 4.61. The highest BCUT2D eigenvalue weighted by atomic mass is 16.4. The second kappa shape index (κ2) is 10.7. The summed E-state index contributed by atoms with van der Waals surface area (Å²) in [6.07, 6.45) is 6.42. The van der Waals surface area contributed by atoms with Crippen LogP contribution in [0.3, 0.4) is 0 Å². The second-order valence-electron chi connectivity index (χ2n) is 11.6. The molecular weight excluding hydrogens is 526 g/mol. The number of aromatic nitrogens is 4. The number of carboxylic acids is 1. The molecule has 2 aromatic heterocycles. The first kappa shape index (κ1) is 26.3. The van der Waals surface area contributed by atoms with E-state index in [1.54, 1.807) is 6.20 Å². The Bertz CT molecular complexity index is 1860. The summed E-state index contributed by atoms with van der Waals surface area (Å²) in [6, 6.07) is 18.4. The summed E-state index contributed by atoms with van der Waals surface area (Å²) in [4.78, 5) is 32.6. The van der Waals surface area contributed by atoms with Crippen molar-refractivity contribution in [2.45, 2.75) is 64.5 Å². The predicted molar refractivity (Wildman–Crippen MR) is 161 cm³/mol. The molecule has 0 radical (unpaired) electrons. The normalized spacial score (nSPS) is 17.4. The first-order chi connectivity index (χ1) is 20.5. The van der Waals surface area contributed by atoms with E-state index in [0.29, 0.717) is 18.7 Å². The van der Waals surface area contributed by atoms with Crippen molar-refractivity contribution < 1.29 is 14.7 Å². The molecule has 7 heterocycles. The number of carbonyl (C=O) groups excluding carboxylic acids is 1. The van der Waals surface area contributed by atoms with E-state index in [0.717, 1.165) is 82.8 Å². The molecule has 8 nitrogen and oxygen atoms in total. The number of amides is 1. The average molecular weight is 560 g/mol. The fourth-order valence-corrected chi connectivity index (χ4v) is 6.82. The molecule has 5 aliphatic rings. The van der Waals surface area contributed by atoms with Crippen LogP contribution in [0.25, 0.3) is 21.9 Å². The SMILES string of the molecule is Cc1c2ccc3c1nnn3CCCCCc1ccc(c3ncccc13)C(=O)N1CCc3ccc(cc3C1)[C@@H]2CC(=O)O. The van der Waals surface area contributed by atoms with Crippen molar-refractivity contribution in [3.63, 3.8) is 0 Å². The third-order valence-electron chi connectivity index (χ3n) is 9.08. The number of aryl methyl sites for hydroxylation is 3. The highest BCUT2D eigenvalue weighted by Crippen LogP contribution is 2.36. The van der Waals surface area contributed by atoms with Crippen LogP contribution in [0.1, 0.15) is 75.3 Å². The zero-order chi connectivity index (χ0) is 28.8. The van der Waals surface area contributed by atoms with Gasteiger partial charge in [0.25, 0.3) is 5.91 Å². The Labute approximate surface area is 244 Å². The van der Waals surface area contributed by atoms with Gasteiger partial charge in [0.15, 0.2) is 0 Å². The number of aliphatic carboxylic acids is 1. The van der Waals surface area contributed by atoms with Gasteiger partial charge >= 0.3 is 5.97 Å². The van der Waals surface area contributed by atoms with Gasteiger partial charge in [-0.2, -0.15) is 0 Å². The summed E-state index contributed by atoms with van der Waals surface area (Å²) in [5, 5.41) is 20.0. The maximum atomic E-state index is 13.9. The van der Waals surface area contributed by atoms with Crippen molar-refractivity contribution in [3.05, 3.63) is 99.7 Å². The molecule has 42 heavy (non-hydrogen) atoms. The van der Waals surface area contributed by atoms with Crippen LogP contribution >= 0.6 is 0 Å². The number of benzene rings is 3. The fourth-order valence-electron chi connectivity index (χ4n) is 6.82. The van der Waals surface area contributed by atoms with Gasteiger partial charge in [0.1, 0.15) is 5.52 Å². The van der Waals surface area contributed by atoms with Crippen LogP contribution in [0.2, 0.25) is 0 Å². The summed E-state index contributed by atoms with van der Waals surface area (Å²) in [5.74, 6) is -1.22. The van der Waals surface area contributed by atoms with Crippen LogP contribution in [-0.4, -0.2) is 48.4 Å². The molecule has 0 saturated carbocycles. The Balaban J connectivity index is 1.35. The molecule has 1 atom stereocenters. The van der Waals surface area contributed by atoms with Crippen molar-refractivity contribution in [3.8, 4) is 0 Å². The molecule has 8 heteroatoms. The van der Waals surface area contributed by atoms with E-state index in [2.05, 4.69) is 45.6 Å². The number of pyridine rings is 1. The Morgan fingerprint density at radius 1 is 0.952 bits per heavy atom. The number of hydrogen-bond donors (Lipinski definition) is 1. The molecule has 1 N–H and O–H groups in total. The molecule has 0 aliphatic carbocycles. The lowest BCUT2D eigenvalue weighted by Gasteiger charge is -2.30. The lowest BCUT2D eigenvalue weighted by Crippen LogP contribution is -2.36. The summed E-state index contributed by atoms with van der Waals surface area (Å²) in [7, 11) is 0. The number of rotatable bonds is 2. The molecule has 5 aromatic rings. The monoisotopic (exact) mass is 559 g/mol. The minimum Gasteiger partial charge on any atom is -0.481 e. The van der Waals surface area contributed by atoms with Gasteiger partial charge in [0.05, 0.1) is 23.0 Å². The van der Waals surface area contributed by atoms with Gasteiger partial charge in [-0.15, -0.1) is 5.10 Å². The minimum atomic E-state index is -0.856. The number of hydrogen-bond acceptors (Lipinski definition) is 5. The lowest BCUT2D eigenvalue weighted by atomic mass is 9.83. The van der Waals surface area contributed by atoms with E-state index < -0.39 is 5.97 Å². The van der Waals surface area contributed by atoms with Crippen molar-refractivity contribution in [2.75, 3.05) is 6.54 Å². The van der Waals surface area contributed by atoms with Crippen LogP contribution < -0.4 is 0 Å². The van der Waals surface area contributed by atoms with E-state index in [4.69, 9.17) is 0 Å². The van der Waals surface area contributed by atoms with Gasteiger partial charge in [-0.25, -0.2) is 4.68 Å². The number of nitrogens with zero attached hydrogens (tertiary/aromatic N) is 5. The molecule has 0 saturated heterocycles. The molecule has 9 bridgehead atoms. The van der Waals surface area contributed by atoms with Crippen molar-refractivity contribution in [1.29, 1.82) is 0 Å². The molecule has 10 rings (SSSR count). The van der Waals surface area contributed by atoms with Crippen molar-refractivity contribution in [1.82, 2.24) is 24.9 Å². The summed E-state index contributed by atoms with van der Waals surface area (Å²) < 4.78 is 1.97. The maximum Gasteiger partial charge on any atom is 0.304 e. The van der Waals surface area contributed by atoms with E-state index >= 15 is 0 Å². The zero-order valence-corrected chi connectivity index (χ0v) is 23.7. The van der Waals surface area contributed by atoms with Gasteiger partial charge in [0, 0.05) is 37.1 Å². The van der Waals surface area contributed by atoms with Gasteiger partial charge in [0.2, 0.25) is 0 Å². The summed E-state index contributed by atoms with van der Waals surface area (Å²) >= 11 is 0. The zero-order valence-electron chi connectivity index (χ0n) is 23.7. The molecule has 3 aromatic carbocycles. The molecular formula is C34H33N5O3. The van der Waals surface area contributed by atoms with Crippen LogP contribution in [0.15, 0.2) is 60.8 Å². The molecule has 1 amide bonds. The highest BCUT2D eigenvalue weighted by molar-refractivity contribution is 6.06. The molecule has 212 valence electrons. The summed E-state index contributed by atoms with van der Waals surface area (Å²) in [6.45, 7) is 3.89. The number of carboxylic acid groups (broad SMARTS) is 1. The van der Waals surface area contributed by atoms with E-state index in [9.17, 15) is 14.7 Å². The van der Waals surface area contributed by atoms with Crippen molar-refractivity contribution in [2.24, 2.45) is 0 Å². The van der Waals surface area contributed by atoms with Gasteiger partial charge in [-0.05, 0) is 84.2 Å². The van der Waals surface area contributed by atoms with Crippen LogP contribution in [0, 0.1) is 6.92 Å². The molecule has 0 fully saturated rings. The predicted octanol–water partition coefficient (Wildman–Crippen LogP) is 5.82. The summed E-state index contributed by atoms with van der Waals surface area (Å²) in [5.41, 5.74) is 9.51. The Hall–Kier alpha value is -4.59. The van der Waals surface area contributed by atoms with Crippen LogP contribution in [0.5, 0.6) is 0 Å². The fraction of sp³-hybridized carbons (Fsp3) is 0.324. The Kier molecular flexibility index (Phi) is 6.69. The molecule has 0 unspecified atom stereocenters. The largest absolute Gasteiger partial charge is 0.481 e. The van der Waals surface area contributed by atoms with E-state index in [1.165, 1.54) is 11.1 Å². The molecule has 5 aliphatic heterocycles. The van der Waals surface area contributed by atoms with Gasteiger partial charge in [-0.3, -0.25) is 14.6 Å². The average Bonchev–Trinajstić information content (AvgIpc) is 3.42. The molecule has 0 spiro atoms. The Morgan fingerprint density at radius 2 is 1.83 bits per heavy atom. The van der Waals surface area contributed by atoms with Crippen LogP contribution in [0.4, 0.5) is 0 Å². The first-order valence-electron chi connectivity index (χ1n) is 14.8. The maximum absolute atomic E-state index is 13.9. The van der Waals surface area contributed by atoms with Gasteiger partial charge < -0.3 is 10.0 Å². The van der Waals surface area contributed by atoms with Crippen molar-refractivity contribution >= 4 is 33.8 Å². The smallest absolute Gasteiger partial charge is 0.304 e. The highest BCUT2D eigenvalue weighted by Gasteiger charge is 2.27. The van der Waals surface area contributed by atoms with E-state index in [-0.39, 0.29) is 18.2 Å². The topological polar surface area (TPSA) is 101 Å². The Morgan fingerprint density at radius 3 is 2.71 bits per heavy atom. The number of carbonyl (C=O) groups is 2. The minimum absolute atomic E-state index is 0.0158. The second-order valence-corrected chi connectivity index (χ2v) is 11.6. The standard InChI is InChI=1S/C34H33N5O3/c1-21-26-12-13-30-32(21)36-37-39(30)16-4-2-3-6-23-10-11-28(33-27(23)7-5-15-35-33)34(42)38-17-14-22-8-9-24(18-25(22)20-38)29(26)19-31(40)41/h5,7-13,15,18,29H,2-4,6,14,16-17,19-20H2,1H3,(H,40,41)/t29-/m0/s1.